The Bertz CT molecular complexity index is 400. The van der Waals surface area contributed by atoms with Gasteiger partial charge in [0.1, 0.15) is 5.82 Å². The van der Waals surface area contributed by atoms with Crippen molar-refractivity contribution in [3.8, 4) is 0 Å². The third-order valence-electron chi connectivity index (χ3n) is 3.15. The molecule has 0 aliphatic carbocycles. The summed E-state index contributed by atoms with van der Waals surface area (Å²) in [6, 6.07) is 2.06. The molecule has 100 valence electrons. The van der Waals surface area contributed by atoms with Gasteiger partial charge in [0, 0.05) is 25.8 Å². The van der Waals surface area contributed by atoms with Crippen molar-refractivity contribution in [2.45, 2.75) is 20.0 Å². The molecule has 1 unspecified atom stereocenters. The van der Waals surface area contributed by atoms with Gasteiger partial charge in [-0.05, 0) is 41.0 Å². The van der Waals surface area contributed by atoms with E-state index >= 15 is 0 Å². The van der Waals surface area contributed by atoms with Gasteiger partial charge in [0.15, 0.2) is 0 Å². The number of pyridine rings is 1. The molecule has 1 atom stereocenters. The lowest BCUT2D eigenvalue weighted by Crippen LogP contribution is -2.45. The topological polar surface area (TPSA) is 37.4 Å². The number of anilines is 1. The van der Waals surface area contributed by atoms with Crippen LogP contribution in [0.5, 0.6) is 0 Å². The molecule has 1 saturated heterocycles. The fourth-order valence-electron chi connectivity index (χ4n) is 2.07. The summed E-state index contributed by atoms with van der Waals surface area (Å²) in [7, 11) is 0. The fourth-order valence-corrected chi connectivity index (χ4v) is 2.67. The van der Waals surface area contributed by atoms with E-state index in [9.17, 15) is 0 Å². The molecular formula is C13H20BrN3O. The fraction of sp³-hybridized carbons (Fsp3) is 0.615. The molecule has 1 aliphatic rings. The van der Waals surface area contributed by atoms with Gasteiger partial charge in [-0.1, -0.05) is 6.92 Å². The first-order chi connectivity index (χ1) is 8.69. The zero-order chi connectivity index (χ0) is 13.0. The summed E-state index contributed by atoms with van der Waals surface area (Å²) in [5.41, 5.74) is 1.15. The molecule has 2 rings (SSSR count). The standard InChI is InChI=1S/C13H20BrN3O/c1-3-17-4-5-18-11(9-17)8-16-13-12(14)6-10(2)7-15-13/h6-7,11H,3-5,8-9H2,1-2H3,(H,15,16). The SMILES string of the molecule is CCN1CCOC(CNc2ncc(C)cc2Br)C1. The van der Waals surface area contributed by atoms with Crippen LogP contribution in [0.3, 0.4) is 0 Å². The molecule has 0 spiro atoms. The average molecular weight is 314 g/mol. The van der Waals surface area contributed by atoms with Crippen molar-refractivity contribution in [2.24, 2.45) is 0 Å². The number of nitrogens with one attached hydrogen (secondary N) is 1. The summed E-state index contributed by atoms with van der Waals surface area (Å²) in [4.78, 5) is 6.78. The zero-order valence-electron chi connectivity index (χ0n) is 10.9. The molecule has 5 heteroatoms. The van der Waals surface area contributed by atoms with Crippen molar-refractivity contribution in [1.29, 1.82) is 0 Å². The van der Waals surface area contributed by atoms with Crippen LogP contribution in [0.4, 0.5) is 5.82 Å². The maximum absolute atomic E-state index is 5.75. The highest BCUT2D eigenvalue weighted by Gasteiger charge is 2.19. The van der Waals surface area contributed by atoms with Crippen LogP contribution in [0.1, 0.15) is 12.5 Å². The number of nitrogens with zero attached hydrogens (tertiary/aromatic N) is 2. The molecular weight excluding hydrogens is 294 g/mol. The summed E-state index contributed by atoms with van der Waals surface area (Å²) in [6.07, 6.45) is 2.11. The minimum Gasteiger partial charge on any atom is -0.374 e. The van der Waals surface area contributed by atoms with E-state index in [-0.39, 0.29) is 6.10 Å². The predicted octanol–water partition coefficient (Wildman–Crippen LogP) is 2.29. The van der Waals surface area contributed by atoms with Crippen LogP contribution in [0.15, 0.2) is 16.7 Å². The second-order valence-electron chi connectivity index (χ2n) is 4.61. The van der Waals surface area contributed by atoms with Crippen molar-refractivity contribution in [2.75, 3.05) is 38.1 Å². The molecule has 1 aromatic heterocycles. The Hall–Kier alpha value is -0.650. The van der Waals surface area contributed by atoms with E-state index < -0.39 is 0 Å². The Morgan fingerprint density at radius 1 is 1.61 bits per heavy atom. The Morgan fingerprint density at radius 2 is 2.44 bits per heavy atom. The number of morpholine rings is 1. The van der Waals surface area contributed by atoms with Gasteiger partial charge in [0.05, 0.1) is 17.2 Å². The van der Waals surface area contributed by atoms with E-state index in [1.807, 2.05) is 13.1 Å². The summed E-state index contributed by atoms with van der Waals surface area (Å²) < 4.78 is 6.75. The van der Waals surface area contributed by atoms with E-state index in [1.165, 1.54) is 0 Å². The number of aryl methyl sites for hydroxylation is 1. The third kappa shape index (κ3) is 3.67. The molecule has 18 heavy (non-hydrogen) atoms. The molecule has 0 amide bonds. The highest BCUT2D eigenvalue weighted by Crippen LogP contribution is 2.20. The third-order valence-corrected chi connectivity index (χ3v) is 3.75. The van der Waals surface area contributed by atoms with Crippen molar-refractivity contribution in [3.63, 3.8) is 0 Å². The van der Waals surface area contributed by atoms with E-state index in [0.717, 1.165) is 48.6 Å². The van der Waals surface area contributed by atoms with Crippen LogP contribution in [0, 0.1) is 6.92 Å². The highest BCUT2D eigenvalue weighted by molar-refractivity contribution is 9.10. The van der Waals surface area contributed by atoms with Crippen LogP contribution < -0.4 is 5.32 Å². The Kier molecular flexibility index (Phi) is 4.97. The second-order valence-corrected chi connectivity index (χ2v) is 5.46. The molecule has 1 N–H and O–H groups in total. The molecule has 1 aromatic rings. The minimum absolute atomic E-state index is 0.244. The first kappa shape index (κ1) is 13.8. The minimum atomic E-state index is 0.244. The second kappa shape index (κ2) is 6.50. The lowest BCUT2D eigenvalue weighted by atomic mass is 10.2. The average Bonchev–Trinajstić information content (AvgIpc) is 2.38. The van der Waals surface area contributed by atoms with E-state index in [4.69, 9.17) is 4.74 Å². The number of hydrogen-bond donors (Lipinski definition) is 1. The summed E-state index contributed by atoms with van der Waals surface area (Å²) in [5, 5.41) is 3.34. The number of aromatic nitrogens is 1. The number of rotatable bonds is 4. The smallest absolute Gasteiger partial charge is 0.140 e. The molecule has 4 nitrogen and oxygen atoms in total. The van der Waals surface area contributed by atoms with Gasteiger partial charge in [-0.15, -0.1) is 0 Å². The van der Waals surface area contributed by atoms with Gasteiger partial charge >= 0.3 is 0 Å². The van der Waals surface area contributed by atoms with E-state index in [2.05, 4.69) is 44.1 Å². The quantitative estimate of drug-likeness (QED) is 0.925. The van der Waals surface area contributed by atoms with E-state index in [1.54, 1.807) is 0 Å². The summed E-state index contributed by atoms with van der Waals surface area (Å²) in [5.74, 6) is 0.887. The normalized spacial score (nSPS) is 20.9. The largest absolute Gasteiger partial charge is 0.374 e. The Labute approximate surface area is 117 Å². The first-order valence-corrected chi connectivity index (χ1v) is 7.18. The highest BCUT2D eigenvalue weighted by atomic mass is 79.9. The summed E-state index contributed by atoms with van der Waals surface area (Å²) >= 11 is 3.52. The van der Waals surface area contributed by atoms with Crippen molar-refractivity contribution >= 4 is 21.7 Å². The van der Waals surface area contributed by atoms with Gasteiger partial charge in [-0.3, -0.25) is 4.90 Å². The van der Waals surface area contributed by atoms with Gasteiger partial charge in [0.25, 0.3) is 0 Å². The van der Waals surface area contributed by atoms with Crippen LogP contribution in [-0.4, -0.2) is 48.8 Å². The molecule has 1 aliphatic heterocycles. The zero-order valence-corrected chi connectivity index (χ0v) is 12.5. The summed E-state index contributed by atoms with van der Waals surface area (Å²) in [6.45, 7) is 8.96. The van der Waals surface area contributed by atoms with Crippen LogP contribution >= 0.6 is 15.9 Å². The number of ether oxygens (including phenoxy) is 1. The molecule has 0 radical (unpaired) electrons. The van der Waals surface area contributed by atoms with E-state index in [0.29, 0.717) is 0 Å². The lowest BCUT2D eigenvalue weighted by Gasteiger charge is -2.32. The first-order valence-electron chi connectivity index (χ1n) is 6.39. The van der Waals surface area contributed by atoms with Gasteiger partial charge in [-0.2, -0.15) is 0 Å². The van der Waals surface area contributed by atoms with Gasteiger partial charge in [-0.25, -0.2) is 4.98 Å². The molecule has 0 saturated carbocycles. The molecule has 2 heterocycles. The number of halogens is 1. The molecule has 0 bridgehead atoms. The maximum Gasteiger partial charge on any atom is 0.140 e. The van der Waals surface area contributed by atoms with Gasteiger partial charge < -0.3 is 10.1 Å². The van der Waals surface area contributed by atoms with Crippen molar-refractivity contribution in [1.82, 2.24) is 9.88 Å². The number of likely N-dealkylation sites (N-methyl/N-ethyl adjacent to an activating group) is 1. The monoisotopic (exact) mass is 313 g/mol. The van der Waals surface area contributed by atoms with Crippen molar-refractivity contribution in [3.05, 3.63) is 22.3 Å². The maximum atomic E-state index is 5.75. The van der Waals surface area contributed by atoms with Crippen molar-refractivity contribution < 1.29 is 4.74 Å². The predicted molar refractivity (Wildman–Crippen MR) is 77.0 cm³/mol. The Balaban J connectivity index is 1.87. The number of hydrogen-bond acceptors (Lipinski definition) is 4. The lowest BCUT2D eigenvalue weighted by molar-refractivity contribution is -0.0192. The molecule has 0 aromatic carbocycles. The van der Waals surface area contributed by atoms with Crippen LogP contribution in [0.2, 0.25) is 0 Å². The molecule has 1 fully saturated rings. The van der Waals surface area contributed by atoms with Gasteiger partial charge in [0.2, 0.25) is 0 Å². The van der Waals surface area contributed by atoms with Crippen LogP contribution in [-0.2, 0) is 4.74 Å². The Morgan fingerprint density at radius 3 is 3.17 bits per heavy atom. The van der Waals surface area contributed by atoms with Crippen LogP contribution in [0.25, 0.3) is 0 Å².